The van der Waals surface area contributed by atoms with Crippen LogP contribution in [0.3, 0.4) is 0 Å². The van der Waals surface area contributed by atoms with Gasteiger partial charge < -0.3 is 14.5 Å². The smallest absolute Gasteiger partial charge is 0.219 e. The van der Waals surface area contributed by atoms with Crippen LogP contribution in [0.25, 0.3) is 0 Å². The largest absolute Gasteiger partial charge is 0.425 e. The molecule has 1 aliphatic heterocycles. The van der Waals surface area contributed by atoms with Crippen molar-refractivity contribution in [2.75, 3.05) is 19.7 Å². The summed E-state index contributed by atoms with van der Waals surface area (Å²) < 4.78 is 11.1. The number of rotatable bonds is 6. The van der Waals surface area contributed by atoms with E-state index in [-0.39, 0.29) is 6.10 Å². The highest BCUT2D eigenvalue weighted by Gasteiger charge is 2.19. The van der Waals surface area contributed by atoms with Crippen LogP contribution in [0.15, 0.2) is 4.42 Å². The molecular formula is C11H19N3O2. The fourth-order valence-corrected chi connectivity index (χ4v) is 1.84. The highest BCUT2D eigenvalue weighted by molar-refractivity contribution is 4.86. The Balaban J connectivity index is 1.77. The zero-order valence-electron chi connectivity index (χ0n) is 9.74. The normalized spacial score (nSPS) is 20.4. The van der Waals surface area contributed by atoms with E-state index in [1.54, 1.807) is 0 Å². The van der Waals surface area contributed by atoms with Crippen LogP contribution in [0.2, 0.25) is 0 Å². The summed E-state index contributed by atoms with van der Waals surface area (Å²) in [5.41, 5.74) is 0. The van der Waals surface area contributed by atoms with Gasteiger partial charge in [-0.1, -0.05) is 6.92 Å². The lowest BCUT2D eigenvalue weighted by Crippen LogP contribution is -2.16. The van der Waals surface area contributed by atoms with Gasteiger partial charge in [-0.05, 0) is 19.4 Å². The van der Waals surface area contributed by atoms with Crippen LogP contribution in [0, 0.1) is 0 Å². The summed E-state index contributed by atoms with van der Waals surface area (Å²) in [6, 6.07) is 0. The lowest BCUT2D eigenvalue weighted by molar-refractivity contribution is 0.105. The lowest BCUT2D eigenvalue weighted by Gasteiger charge is -2.04. The van der Waals surface area contributed by atoms with E-state index in [4.69, 9.17) is 9.15 Å². The molecule has 0 bridgehead atoms. The number of likely N-dealkylation sites (N-methyl/N-ethyl adjacent to an activating group) is 1. The van der Waals surface area contributed by atoms with Crippen molar-refractivity contribution in [1.29, 1.82) is 0 Å². The van der Waals surface area contributed by atoms with Crippen LogP contribution >= 0.6 is 0 Å². The van der Waals surface area contributed by atoms with Crippen molar-refractivity contribution >= 4 is 0 Å². The molecule has 0 spiro atoms. The predicted octanol–water partition coefficient (Wildman–Crippen LogP) is 0.943. The van der Waals surface area contributed by atoms with E-state index < -0.39 is 0 Å². The van der Waals surface area contributed by atoms with Gasteiger partial charge in [0.05, 0.1) is 12.5 Å². The number of nitrogens with one attached hydrogen (secondary N) is 1. The molecule has 1 unspecified atom stereocenters. The summed E-state index contributed by atoms with van der Waals surface area (Å²) in [6.45, 7) is 4.80. The summed E-state index contributed by atoms with van der Waals surface area (Å²) in [7, 11) is 0. The Bertz CT molecular complexity index is 308. The second kappa shape index (κ2) is 5.96. The molecule has 1 aliphatic rings. The van der Waals surface area contributed by atoms with E-state index in [2.05, 4.69) is 22.4 Å². The van der Waals surface area contributed by atoms with Crippen LogP contribution in [0.4, 0.5) is 0 Å². The molecule has 0 radical (unpaired) electrons. The van der Waals surface area contributed by atoms with E-state index in [0.29, 0.717) is 11.8 Å². The van der Waals surface area contributed by atoms with E-state index >= 15 is 0 Å². The molecule has 90 valence electrons. The predicted molar refractivity (Wildman–Crippen MR) is 59.2 cm³/mol. The highest BCUT2D eigenvalue weighted by Crippen LogP contribution is 2.16. The minimum Gasteiger partial charge on any atom is -0.425 e. The van der Waals surface area contributed by atoms with E-state index in [1.165, 1.54) is 0 Å². The first-order chi connectivity index (χ1) is 7.88. The first-order valence-corrected chi connectivity index (χ1v) is 6.02. The van der Waals surface area contributed by atoms with Gasteiger partial charge in [0, 0.05) is 19.6 Å². The molecular weight excluding hydrogens is 206 g/mol. The first-order valence-electron chi connectivity index (χ1n) is 6.02. The molecule has 1 fully saturated rings. The van der Waals surface area contributed by atoms with Crippen molar-refractivity contribution in [3.05, 3.63) is 11.8 Å². The van der Waals surface area contributed by atoms with Gasteiger partial charge in [0.25, 0.3) is 0 Å². The molecule has 1 saturated heterocycles. The van der Waals surface area contributed by atoms with Crippen LogP contribution in [-0.2, 0) is 17.6 Å². The number of ether oxygens (including phenoxy) is 1. The minimum absolute atomic E-state index is 0.280. The van der Waals surface area contributed by atoms with Crippen LogP contribution in [0.1, 0.15) is 31.5 Å². The fraction of sp³-hybridized carbons (Fsp3) is 0.818. The van der Waals surface area contributed by atoms with Crippen molar-refractivity contribution in [2.24, 2.45) is 0 Å². The van der Waals surface area contributed by atoms with E-state index in [9.17, 15) is 0 Å². The molecule has 1 aromatic heterocycles. The molecule has 5 heteroatoms. The molecule has 1 N–H and O–H groups in total. The van der Waals surface area contributed by atoms with Crippen LogP contribution in [0.5, 0.6) is 0 Å². The molecule has 1 atom stereocenters. The summed E-state index contributed by atoms with van der Waals surface area (Å²) in [4.78, 5) is 0. The third kappa shape index (κ3) is 3.28. The molecule has 16 heavy (non-hydrogen) atoms. The molecule has 1 aromatic rings. The lowest BCUT2D eigenvalue weighted by atomic mass is 10.2. The van der Waals surface area contributed by atoms with Crippen LogP contribution < -0.4 is 5.32 Å². The zero-order chi connectivity index (χ0) is 11.2. The number of hydrogen-bond acceptors (Lipinski definition) is 5. The van der Waals surface area contributed by atoms with Crippen molar-refractivity contribution in [2.45, 2.75) is 38.7 Å². The van der Waals surface area contributed by atoms with Gasteiger partial charge in [-0.3, -0.25) is 0 Å². The van der Waals surface area contributed by atoms with Gasteiger partial charge >= 0.3 is 0 Å². The molecule has 5 nitrogen and oxygen atoms in total. The zero-order valence-corrected chi connectivity index (χ0v) is 9.74. The Labute approximate surface area is 95.6 Å². The second-order valence-corrected chi connectivity index (χ2v) is 4.03. The second-order valence-electron chi connectivity index (χ2n) is 4.03. The van der Waals surface area contributed by atoms with Crippen molar-refractivity contribution in [3.8, 4) is 0 Å². The average molecular weight is 225 g/mol. The Morgan fingerprint density at radius 3 is 3.00 bits per heavy atom. The van der Waals surface area contributed by atoms with E-state index in [0.717, 1.165) is 45.4 Å². The average Bonchev–Trinajstić information content (AvgIpc) is 2.91. The summed E-state index contributed by atoms with van der Waals surface area (Å²) in [6.07, 6.45) is 4.09. The molecule has 2 rings (SSSR count). The third-order valence-electron chi connectivity index (χ3n) is 2.70. The first kappa shape index (κ1) is 11.5. The van der Waals surface area contributed by atoms with Crippen LogP contribution in [-0.4, -0.2) is 36.0 Å². The quantitative estimate of drug-likeness (QED) is 0.730. The third-order valence-corrected chi connectivity index (χ3v) is 2.70. The molecule has 0 aliphatic carbocycles. The molecule has 0 saturated carbocycles. The van der Waals surface area contributed by atoms with Gasteiger partial charge in [0.15, 0.2) is 0 Å². The SMILES string of the molecule is CCNCCc1nnc(CC2CCCO2)o1. The van der Waals surface area contributed by atoms with Crippen molar-refractivity contribution < 1.29 is 9.15 Å². The molecule has 0 amide bonds. The number of aromatic nitrogens is 2. The maximum Gasteiger partial charge on any atom is 0.219 e. The summed E-state index contributed by atoms with van der Waals surface area (Å²) in [5, 5.41) is 11.3. The van der Waals surface area contributed by atoms with Gasteiger partial charge in [-0.15, -0.1) is 10.2 Å². The maximum absolute atomic E-state index is 5.55. The van der Waals surface area contributed by atoms with Gasteiger partial charge in [-0.2, -0.15) is 0 Å². The topological polar surface area (TPSA) is 60.2 Å². The van der Waals surface area contributed by atoms with Gasteiger partial charge in [0.2, 0.25) is 11.8 Å². The highest BCUT2D eigenvalue weighted by atomic mass is 16.5. The molecule has 0 aromatic carbocycles. The minimum atomic E-state index is 0.280. The summed E-state index contributed by atoms with van der Waals surface area (Å²) in [5.74, 6) is 1.42. The van der Waals surface area contributed by atoms with Gasteiger partial charge in [0.1, 0.15) is 0 Å². The van der Waals surface area contributed by atoms with E-state index in [1.807, 2.05) is 0 Å². The number of nitrogens with zero attached hydrogens (tertiary/aromatic N) is 2. The Hall–Kier alpha value is -0.940. The molecule has 2 heterocycles. The Morgan fingerprint density at radius 2 is 2.25 bits per heavy atom. The number of hydrogen-bond donors (Lipinski definition) is 1. The van der Waals surface area contributed by atoms with Crippen molar-refractivity contribution in [1.82, 2.24) is 15.5 Å². The Morgan fingerprint density at radius 1 is 1.38 bits per heavy atom. The Kier molecular flexibility index (Phi) is 4.30. The monoisotopic (exact) mass is 225 g/mol. The van der Waals surface area contributed by atoms with Crippen molar-refractivity contribution in [3.63, 3.8) is 0 Å². The standard InChI is InChI=1S/C11H19N3O2/c1-2-12-6-5-10-13-14-11(16-10)8-9-4-3-7-15-9/h9,12H,2-8H2,1H3. The summed E-state index contributed by atoms with van der Waals surface area (Å²) >= 11 is 0. The maximum atomic E-state index is 5.55. The van der Waals surface area contributed by atoms with Gasteiger partial charge in [-0.25, -0.2) is 0 Å². The fourth-order valence-electron chi connectivity index (χ4n) is 1.84.